The number of likely N-dealkylation sites (N-methyl/N-ethyl adjacent to an activating group) is 1. The van der Waals surface area contributed by atoms with Crippen molar-refractivity contribution in [1.82, 2.24) is 0 Å². The molecule has 0 aliphatic rings. The molecule has 0 saturated carbocycles. The first-order valence-corrected chi connectivity index (χ1v) is 8.34. The van der Waals surface area contributed by atoms with Crippen LogP contribution in [-0.2, 0) is 15.1 Å². The minimum atomic E-state index is -1.82. The lowest BCUT2D eigenvalue weighted by molar-refractivity contribution is -0.884. The highest BCUT2D eigenvalue weighted by atomic mass is 16.5. The maximum absolute atomic E-state index is 12.8. The zero-order valence-electron chi connectivity index (χ0n) is 14.9. The first-order valence-electron chi connectivity index (χ1n) is 8.34. The summed E-state index contributed by atoms with van der Waals surface area (Å²) in [4.78, 5) is 12.8. The van der Waals surface area contributed by atoms with Gasteiger partial charge in [-0.3, -0.25) is 0 Å². The van der Waals surface area contributed by atoms with Crippen molar-refractivity contribution in [2.24, 2.45) is 0 Å². The number of rotatable bonds is 8. The maximum atomic E-state index is 12.8. The van der Waals surface area contributed by atoms with Gasteiger partial charge in [-0.2, -0.15) is 0 Å². The van der Waals surface area contributed by atoms with E-state index in [0.29, 0.717) is 22.2 Å². The summed E-state index contributed by atoms with van der Waals surface area (Å²) in [5, 5.41) is 11.3. The van der Waals surface area contributed by atoms with E-state index in [2.05, 4.69) is 6.58 Å². The summed E-state index contributed by atoms with van der Waals surface area (Å²) in [6.45, 7) is 5.38. The van der Waals surface area contributed by atoms with Crippen LogP contribution >= 0.6 is 0 Å². The van der Waals surface area contributed by atoms with E-state index < -0.39 is 11.6 Å². The molecule has 0 spiro atoms. The van der Waals surface area contributed by atoms with Crippen LogP contribution in [0, 0.1) is 0 Å². The van der Waals surface area contributed by atoms with Crippen molar-refractivity contribution in [2.75, 3.05) is 33.8 Å². The number of ether oxygens (including phenoxy) is 1. The van der Waals surface area contributed by atoms with Crippen molar-refractivity contribution < 1.29 is 19.1 Å². The minimum Gasteiger partial charge on any atom is -0.457 e. The van der Waals surface area contributed by atoms with Crippen LogP contribution in [0.15, 0.2) is 73.3 Å². The number of benzene rings is 2. The topological polar surface area (TPSA) is 46.5 Å². The number of aliphatic hydroxyl groups is 1. The van der Waals surface area contributed by atoms with Gasteiger partial charge in [-0.15, -0.1) is 0 Å². The predicted molar refractivity (Wildman–Crippen MR) is 98.9 cm³/mol. The summed E-state index contributed by atoms with van der Waals surface area (Å²) in [6, 6.07) is 17.8. The highest BCUT2D eigenvalue weighted by Gasteiger charge is 2.41. The van der Waals surface area contributed by atoms with Crippen molar-refractivity contribution >= 4 is 5.97 Å². The van der Waals surface area contributed by atoms with E-state index in [1.165, 1.54) is 0 Å². The Balaban J connectivity index is 2.22. The molecule has 0 amide bonds. The van der Waals surface area contributed by atoms with Gasteiger partial charge in [-0.25, -0.2) is 4.79 Å². The molecule has 2 aromatic carbocycles. The molecule has 0 bridgehead atoms. The van der Waals surface area contributed by atoms with Gasteiger partial charge in [0.25, 0.3) is 0 Å². The standard InChI is InChI=1S/C21H26NO3/c1-4-15-22(2,3)16-17-25-20(23)21(24,18-11-7-5-8-12-18)19-13-9-6-10-14-19/h4-14,24H,1,15-17H2,2-3H3/q+1. The molecular weight excluding hydrogens is 314 g/mol. The van der Waals surface area contributed by atoms with E-state index in [-0.39, 0.29) is 6.61 Å². The summed E-state index contributed by atoms with van der Waals surface area (Å²) >= 11 is 0. The number of hydrogen-bond donors (Lipinski definition) is 1. The molecule has 0 aromatic heterocycles. The van der Waals surface area contributed by atoms with E-state index >= 15 is 0 Å². The molecule has 0 aliphatic carbocycles. The summed E-state index contributed by atoms with van der Waals surface area (Å²) in [7, 11) is 4.08. The fourth-order valence-corrected chi connectivity index (χ4v) is 2.69. The average Bonchev–Trinajstić information content (AvgIpc) is 2.62. The van der Waals surface area contributed by atoms with E-state index in [9.17, 15) is 9.90 Å². The first kappa shape index (κ1) is 18.9. The van der Waals surface area contributed by atoms with Gasteiger partial charge in [0.05, 0.1) is 20.6 Å². The van der Waals surface area contributed by atoms with Crippen LogP contribution in [0.25, 0.3) is 0 Å². The van der Waals surface area contributed by atoms with Crippen molar-refractivity contribution in [3.05, 3.63) is 84.4 Å². The summed E-state index contributed by atoms with van der Waals surface area (Å²) in [5.41, 5.74) is -0.838. The van der Waals surface area contributed by atoms with Crippen LogP contribution in [0.5, 0.6) is 0 Å². The Kier molecular flexibility index (Phi) is 6.12. The van der Waals surface area contributed by atoms with Crippen LogP contribution < -0.4 is 0 Å². The van der Waals surface area contributed by atoms with Crippen LogP contribution in [-0.4, -0.2) is 49.4 Å². The Hall–Kier alpha value is -2.43. The monoisotopic (exact) mass is 340 g/mol. The lowest BCUT2D eigenvalue weighted by atomic mass is 9.86. The third-order valence-corrected chi connectivity index (χ3v) is 4.23. The van der Waals surface area contributed by atoms with E-state index in [1.807, 2.05) is 32.3 Å². The van der Waals surface area contributed by atoms with Crippen molar-refractivity contribution in [3.63, 3.8) is 0 Å². The molecule has 1 N–H and O–H groups in total. The van der Waals surface area contributed by atoms with Crippen LogP contribution in [0.1, 0.15) is 11.1 Å². The Morgan fingerprint density at radius 1 is 1.08 bits per heavy atom. The van der Waals surface area contributed by atoms with Gasteiger partial charge in [0.15, 0.2) is 0 Å². The molecule has 0 fully saturated rings. The Labute approximate surface area is 149 Å². The third kappa shape index (κ3) is 4.56. The number of carbonyl (C=O) groups is 1. The zero-order chi connectivity index (χ0) is 18.3. The second-order valence-electron chi connectivity index (χ2n) is 6.71. The number of nitrogens with zero attached hydrogens (tertiary/aromatic N) is 1. The minimum absolute atomic E-state index is 0.224. The molecule has 0 saturated heterocycles. The molecule has 0 atom stereocenters. The molecular formula is C21H26NO3+. The highest BCUT2D eigenvalue weighted by molar-refractivity contribution is 5.85. The number of carbonyl (C=O) groups excluding carboxylic acids is 1. The Bertz CT molecular complexity index is 656. The number of hydrogen-bond acceptors (Lipinski definition) is 3. The maximum Gasteiger partial charge on any atom is 0.347 e. The normalized spacial score (nSPS) is 11.8. The molecule has 2 aromatic rings. The second-order valence-corrected chi connectivity index (χ2v) is 6.71. The largest absolute Gasteiger partial charge is 0.457 e. The van der Waals surface area contributed by atoms with Crippen LogP contribution in [0.2, 0.25) is 0 Å². The summed E-state index contributed by atoms with van der Waals surface area (Å²) in [6.07, 6.45) is 1.84. The second kappa shape index (κ2) is 8.10. The van der Waals surface area contributed by atoms with E-state index in [4.69, 9.17) is 4.74 Å². The fourth-order valence-electron chi connectivity index (χ4n) is 2.69. The lowest BCUT2D eigenvalue weighted by Gasteiger charge is -2.30. The molecule has 0 aliphatic heterocycles. The molecule has 0 unspecified atom stereocenters. The molecule has 4 heteroatoms. The molecule has 0 radical (unpaired) electrons. The van der Waals surface area contributed by atoms with Crippen molar-refractivity contribution in [2.45, 2.75) is 5.60 Å². The third-order valence-electron chi connectivity index (χ3n) is 4.23. The Morgan fingerprint density at radius 3 is 2.00 bits per heavy atom. The van der Waals surface area contributed by atoms with Crippen molar-refractivity contribution in [3.8, 4) is 0 Å². The lowest BCUT2D eigenvalue weighted by Crippen LogP contribution is -2.44. The van der Waals surface area contributed by atoms with Crippen LogP contribution in [0.4, 0.5) is 0 Å². The average molecular weight is 340 g/mol. The Morgan fingerprint density at radius 2 is 1.56 bits per heavy atom. The quantitative estimate of drug-likeness (QED) is 0.457. The van der Waals surface area contributed by atoms with Gasteiger partial charge in [0.1, 0.15) is 13.2 Å². The van der Waals surface area contributed by atoms with Crippen molar-refractivity contribution in [1.29, 1.82) is 0 Å². The molecule has 2 rings (SSSR count). The summed E-state index contributed by atoms with van der Waals surface area (Å²) in [5.74, 6) is -0.663. The van der Waals surface area contributed by atoms with Gasteiger partial charge in [-0.05, 0) is 17.2 Å². The van der Waals surface area contributed by atoms with Gasteiger partial charge in [0.2, 0.25) is 5.60 Å². The number of esters is 1. The van der Waals surface area contributed by atoms with Gasteiger partial charge in [-0.1, -0.05) is 67.2 Å². The number of quaternary nitrogens is 1. The van der Waals surface area contributed by atoms with E-state index in [1.54, 1.807) is 48.5 Å². The first-order chi connectivity index (χ1) is 11.9. The van der Waals surface area contributed by atoms with Crippen LogP contribution in [0.3, 0.4) is 0 Å². The molecule has 132 valence electrons. The molecule has 25 heavy (non-hydrogen) atoms. The zero-order valence-corrected chi connectivity index (χ0v) is 14.9. The highest BCUT2D eigenvalue weighted by Crippen LogP contribution is 2.31. The van der Waals surface area contributed by atoms with E-state index in [0.717, 1.165) is 6.54 Å². The molecule has 0 heterocycles. The predicted octanol–water partition coefficient (Wildman–Crippen LogP) is 2.73. The van der Waals surface area contributed by atoms with Gasteiger partial charge in [0, 0.05) is 0 Å². The fraction of sp³-hybridized carbons (Fsp3) is 0.286. The summed E-state index contributed by atoms with van der Waals surface area (Å²) < 4.78 is 6.12. The smallest absolute Gasteiger partial charge is 0.347 e. The SMILES string of the molecule is C=CC[N+](C)(C)CCOC(=O)C(O)(c1ccccc1)c1ccccc1. The van der Waals surface area contributed by atoms with Gasteiger partial charge >= 0.3 is 5.97 Å². The van der Waals surface area contributed by atoms with Gasteiger partial charge < -0.3 is 14.3 Å². The molecule has 4 nitrogen and oxygen atoms in total.